The van der Waals surface area contributed by atoms with Gasteiger partial charge in [0.1, 0.15) is 5.75 Å². The summed E-state index contributed by atoms with van der Waals surface area (Å²) in [6.07, 6.45) is -6.38. The lowest BCUT2D eigenvalue weighted by atomic mass is 10.2. The lowest BCUT2D eigenvalue weighted by Crippen LogP contribution is -2.33. The average Bonchev–Trinajstić information content (AvgIpc) is 3.79. The van der Waals surface area contributed by atoms with Gasteiger partial charge in [-0.25, -0.2) is 16.8 Å². The highest BCUT2D eigenvalue weighted by Crippen LogP contribution is 2.35. The number of anilines is 2. The normalized spacial score (nSPS) is 16.4. The third-order valence-corrected chi connectivity index (χ3v) is 11.4. The lowest BCUT2D eigenvalue weighted by molar-refractivity contribution is -0.252. The Balaban J connectivity index is 1.41. The Bertz CT molecular complexity index is 1880. The van der Waals surface area contributed by atoms with Gasteiger partial charge in [0.15, 0.2) is 0 Å². The fourth-order valence-corrected chi connectivity index (χ4v) is 8.26. The minimum Gasteiger partial charge on any atom is -0.426 e. The molecule has 2 N–H and O–H groups in total. The van der Waals surface area contributed by atoms with E-state index in [1.807, 2.05) is 0 Å². The second-order valence-electron chi connectivity index (χ2n) is 10.9. The van der Waals surface area contributed by atoms with E-state index in [0.29, 0.717) is 51.9 Å². The number of ether oxygens (including phenoxy) is 1. The van der Waals surface area contributed by atoms with Crippen molar-refractivity contribution in [2.24, 2.45) is 0 Å². The van der Waals surface area contributed by atoms with E-state index in [9.17, 15) is 44.0 Å². The first-order chi connectivity index (χ1) is 22.2. The molecule has 2 saturated heterocycles. The summed E-state index contributed by atoms with van der Waals surface area (Å²) in [6, 6.07) is 13.1. The largest absolute Gasteiger partial charge is 0.461 e. The molecule has 252 valence electrons. The molecule has 0 aliphatic carbocycles. The van der Waals surface area contributed by atoms with Crippen LogP contribution in [-0.2, 0) is 20.0 Å². The molecular formula is C30H30F4N4O7S2. The van der Waals surface area contributed by atoms with E-state index < -0.39 is 55.8 Å². The van der Waals surface area contributed by atoms with E-state index in [-0.39, 0.29) is 26.6 Å². The number of amides is 2. The zero-order chi connectivity index (χ0) is 34.0. The summed E-state index contributed by atoms with van der Waals surface area (Å²) < 4.78 is 112. The molecule has 2 aliphatic heterocycles. The van der Waals surface area contributed by atoms with Gasteiger partial charge in [-0.05, 0) is 80.3 Å². The van der Waals surface area contributed by atoms with Crippen LogP contribution >= 0.6 is 0 Å². The van der Waals surface area contributed by atoms with Crippen LogP contribution in [0.2, 0.25) is 0 Å². The van der Waals surface area contributed by atoms with Gasteiger partial charge in [0, 0.05) is 43.0 Å². The molecule has 0 unspecified atom stereocenters. The molecule has 0 atom stereocenters. The Morgan fingerprint density at radius 2 is 1.17 bits per heavy atom. The first-order valence-electron chi connectivity index (χ1n) is 14.5. The van der Waals surface area contributed by atoms with Crippen LogP contribution in [0.25, 0.3) is 0 Å². The van der Waals surface area contributed by atoms with Gasteiger partial charge < -0.3 is 15.4 Å². The van der Waals surface area contributed by atoms with Gasteiger partial charge >= 0.3 is 12.5 Å². The van der Waals surface area contributed by atoms with Crippen molar-refractivity contribution in [1.29, 1.82) is 0 Å². The van der Waals surface area contributed by atoms with Gasteiger partial charge in [0.05, 0.1) is 15.5 Å². The lowest BCUT2D eigenvalue weighted by Gasteiger charge is -2.20. The molecule has 2 aliphatic rings. The minimum absolute atomic E-state index is 0.0588. The third-order valence-electron chi connectivity index (χ3n) is 7.58. The molecule has 11 nitrogen and oxygen atoms in total. The maximum atomic E-state index is 13.9. The van der Waals surface area contributed by atoms with Gasteiger partial charge in [0.2, 0.25) is 20.0 Å². The average molecular weight is 699 g/mol. The van der Waals surface area contributed by atoms with E-state index in [1.165, 1.54) is 51.1 Å². The predicted octanol–water partition coefficient (Wildman–Crippen LogP) is 5.00. The molecule has 3 aromatic rings. The van der Waals surface area contributed by atoms with E-state index in [2.05, 4.69) is 15.4 Å². The monoisotopic (exact) mass is 698 g/mol. The number of nitrogens with zero attached hydrogens (tertiary/aromatic N) is 2. The van der Waals surface area contributed by atoms with Crippen LogP contribution in [0.5, 0.6) is 5.75 Å². The fourth-order valence-electron chi connectivity index (χ4n) is 5.13. The second kappa shape index (κ2) is 13.6. The number of hydrogen-bond acceptors (Lipinski definition) is 7. The van der Waals surface area contributed by atoms with Crippen molar-refractivity contribution in [3.8, 4) is 5.75 Å². The van der Waals surface area contributed by atoms with Crippen molar-refractivity contribution in [2.75, 3.05) is 36.8 Å². The highest BCUT2D eigenvalue weighted by molar-refractivity contribution is 7.89. The quantitative estimate of drug-likeness (QED) is 0.269. The second-order valence-corrected chi connectivity index (χ2v) is 14.7. The van der Waals surface area contributed by atoms with Gasteiger partial charge in [0.25, 0.3) is 11.8 Å². The van der Waals surface area contributed by atoms with E-state index in [0.717, 1.165) is 24.3 Å². The molecule has 0 aromatic heterocycles. The van der Waals surface area contributed by atoms with Crippen LogP contribution in [-0.4, -0.2) is 76.0 Å². The van der Waals surface area contributed by atoms with Crippen molar-refractivity contribution in [3.63, 3.8) is 0 Å². The molecule has 5 rings (SSSR count). The standard InChI is InChI=1S/C30H30F4N4O7S2/c31-29(32)30(33,34)45-26-12-11-22(35-27(39)20-7-5-9-23(17-20)46(41,42)37-13-1-2-14-37)19-25(26)36-28(40)21-8-6-10-24(18-21)47(43,44)38-15-3-4-16-38/h5-12,17-19,29H,1-4,13-16H2,(H,35,39)(H,36,40). The Labute approximate surface area is 268 Å². The Kier molecular flexibility index (Phi) is 9.91. The third kappa shape index (κ3) is 7.58. The van der Waals surface area contributed by atoms with Crippen LogP contribution in [0, 0.1) is 0 Å². The number of alkyl halides is 4. The van der Waals surface area contributed by atoms with Crippen molar-refractivity contribution in [2.45, 2.75) is 48.0 Å². The van der Waals surface area contributed by atoms with Crippen molar-refractivity contribution in [3.05, 3.63) is 77.9 Å². The zero-order valence-corrected chi connectivity index (χ0v) is 26.3. The molecule has 0 spiro atoms. The SMILES string of the molecule is O=C(Nc1ccc(OC(F)(F)C(F)F)c(NC(=O)c2cccc(S(=O)(=O)N3CCCC3)c2)c1)c1cccc(S(=O)(=O)N2CCCC2)c1. The number of sulfonamides is 2. The molecule has 0 bridgehead atoms. The van der Waals surface area contributed by atoms with Crippen LogP contribution in [0.3, 0.4) is 0 Å². The minimum atomic E-state index is -4.95. The predicted molar refractivity (Wildman–Crippen MR) is 163 cm³/mol. The van der Waals surface area contributed by atoms with Gasteiger partial charge in [-0.2, -0.15) is 26.2 Å². The molecule has 0 radical (unpaired) electrons. The molecule has 2 amide bonds. The zero-order valence-electron chi connectivity index (χ0n) is 24.7. The number of benzene rings is 3. The fraction of sp³-hybridized carbons (Fsp3) is 0.333. The highest BCUT2D eigenvalue weighted by Gasteiger charge is 2.44. The summed E-state index contributed by atoms with van der Waals surface area (Å²) in [5.74, 6) is -2.66. The van der Waals surface area contributed by atoms with Gasteiger partial charge in [-0.3, -0.25) is 9.59 Å². The van der Waals surface area contributed by atoms with Crippen LogP contribution in [0.15, 0.2) is 76.5 Å². The summed E-state index contributed by atoms with van der Waals surface area (Å²) in [7, 11) is -7.76. The highest BCUT2D eigenvalue weighted by atomic mass is 32.2. The van der Waals surface area contributed by atoms with Gasteiger partial charge in [-0.1, -0.05) is 12.1 Å². The number of halogens is 4. The molecule has 3 aromatic carbocycles. The van der Waals surface area contributed by atoms with Crippen molar-refractivity contribution >= 4 is 43.2 Å². The van der Waals surface area contributed by atoms with Crippen LogP contribution in [0.1, 0.15) is 46.4 Å². The number of rotatable bonds is 11. The molecular weight excluding hydrogens is 668 g/mol. The Morgan fingerprint density at radius 3 is 1.64 bits per heavy atom. The Hall–Kier alpha value is -4.06. The summed E-state index contributed by atoms with van der Waals surface area (Å²) in [5, 5.41) is 4.72. The van der Waals surface area contributed by atoms with E-state index in [4.69, 9.17) is 0 Å². The number of carbonyl (C=O) groups excluding carboxylic acids is 2. The molecule has 0 saturated carbocycles. The molecule has 2 heterocycles. The smallest absolute Gasteiger partial charge is 0.426 e. The van der Waals surface area contributed by atoms with E-state index in [1.54, 1.807) is 0 Å². The van der Waals surface area contributed by atoms with E-state index >= 15 is 0 Å². The van der Waals surface area contributed by atoms with Crippen LogP contribution < -0.4 is 15.4 Å². The first-order valence-corrected chi connectivity index (χ1v) is 17.4. The maximum Gasteiger partial charge on any atom is 0.461 e. The summed E-state index contributed by atoms with van der Waals surface area (Å²) in [5.41, 5.74) is -0.902. The summed E-state index contributed by atoms with van der Waals surface area (Å²) in [4.78, 5) is 26.0. The first kappa shape index (κ1) is 34.3. The molecule has 17 heteroatoms. The van der Waals surface area contributed by atoms with Crippen molar-refractivity contribution in [1.82, 2.24) is 8.61 Å². The molecule has 2 fully saturated rings. The molecule has 47 heavy (non-hydrogen) atoms. The summed E-state index contributed by atoms with van der Waals surface area (Å²) in [6.45, 7) is 1.33. The maximum absolute atomic E-state index is 13.9. The van der Waals surface area contributed by atoms with Crippen molar-refractivity contribution < 1.29 is 48.7 Å². The number of hydrogen-bond donors (Lipinski definition) is 2. The topological polar surface area (TPSA) is 142 Å². The number of nitrogens with one attached hydrogen (secondary N) is 2. The summed E-state index contributed by atoms with van der Waals surface area (Å²) >= 11 is 0. The van der Waals surface area contributed by atoms with Gasteiger partial charge in [-0.15, -0.1) is 0 Å². The Morgan fingerprint density at radius 1 is 0.702 bits per heavy atom. The number of carbonyl (C=O) groups is 2. The van der Waals surface area contributed by atoms with Crippen LogP contribution in [0.4, 0.5) is 28.9 Å².